The van der Waals surface area contributed by atoms with Crippen LogP contribution in [0, 0.1) is 18.6 Å². The van der Waals surface area contributed by atoms with Gasteiger partial charge in [-0.05, 0) is 44.2 Å². The van der Waals surface area contributed by atoms with E-state index < -0.39 is 33.7 Å². The molecule has 1 amide bonds. The quantitative estimate of drug-likeness (QED) is 0.257. The smallest absolute Gasteiger partial charge is 0.265 e. The van der Waals surface area contributed by atoms with Gasteiger partial charge in [0.25, 0.3) is 5.91 Å². The molecular weight excluding hydrogens is 558 g/mol. The number of nitrogens with one attached hydrogen (secondary N) is 2. The molecule has 4 rings (SSSR count). The predicted molar refractivity (Wildman–Crippen MR) is 143 cm³/mol. The minimum atomic E-state index is -3.55. The van der Waals surface area contributed by atoms with E-state index in [0.717, 1.165) is 18.6 Å². The van der Waals surface area contributed by atoms with Gasteiger partial charge >= 0.3 is 0 Å². The molecule has 0 saturated carbocycles. The van der Waals surface area contributed by atoms with E-state index in [2.05, 4.69) is 20.0 Å². The fourth-order valence-corrected chi connectivity index (χ4v) is 5.28. The number of anilines is 2. The van der Waals surface area contributed by atoms with E-state index in [-0.39, 0.29) is 22.1 Å². The van der Waals surface area contributed by atoms with Gasteiger partial charge in [-0.1, -0.05) is 11.6 Å². The van der Waals surface area contributed by atoms with Crippen LogP contribution < -0.4 is 14.8 Å². The number of amides is 1. The van der Waals surface area contributed by atoms with Crippen LogP contribution in [0.5, 0.6) is 5.75 Å². The molecule has 1 atom stereocenters. The van der Waals surface area contributed by atoms with Crippen LogP contribution in [0.2, 0.25) is 5.02 Å². The van der Waals surface area contributed by atoms with E-state index in [1.54, 1.807) is 19.9 Å². The maximum Gasteiger partial charge on any atom is 0.265 e. The Balaban J connectivity index is 1.61. The Morgan fingerprint density at radius 1 is 1.05 bits per heavy atom. The van der Waals surface area contributed by atoms with Crippen molar-refractivity contribution in [3.63, 3.8) is 0 Å². The molecular formula is C25H21ClF2N4O4S2. The van der Waals surface area contributed by atoms with E-state index in [9.17, 15) is 22.0 Å². The molecule has 0 saturated heterocycles. The standard InChI is InChI=1S/C25H21ClF2N4O4S2/c1-13(15-4-17(27)11-29-10-15)36-22-7-18(28)12-30-24(22)21-9-23(37-14(21)2)25(33)31-19-5-16(26)6-20(8-19)32-38(3,34)35/h4-13,32H,1-3H3,(H,31,33)/t13-/m0/s1. The summed E-state index contributed by atoms with van der Waals surface area (Å²) in [4.78, 5) is 22.0. The number of carbonyl (C=O) groups is 1. The van der Waals surface area contributed by atoms with Crippen LogP contribution in [-0.4, -0.2) is 30.5 Å². The van der Waals surface area contributed by atoms with Gasteiger partial charge < -0.3 is 10.1 Å². The van der Waals surface area contributed by atoms with Crippen LogP contribution in [0.3, 0.4) is 0 Å². The van der Waals surface area contributed by atoms with Gasteiger partial charge in [0.1, 0.15) is 29.2 Å². The van der Waals surface area contributed by atoms with E-state index in [4.69, 9.17) is 16.3 Å². The highest BCUT2D eigenvalue weighted by Crippen LogP contribution is 2.37. The second kappa shape index (κ2) is 11.0. The Labute approximate surface area is 226 Å². The first-order valence-electron chi connectivity index (χ1n) is 11.0. The van der Waals surface area contributed by atoms with Crippen molar-refractivity contribution in [1.82, 2.24) is 9.97 Å². The third-order valence-electron chi connectivity index (χ3n) is 5.17. The average molecular weight is 579 g/mol. The molecule has 0 bridgehead atoms. The number of sulfonamides is 1. The number of halogens is 3. The lowest BCUT2D eigenvalue weighted by atomic mass is 10.1. The molecule has 4 aromatic rings. The number of ether oxygens (including phenoxy) is 1. The van der Waals surface area contributed by atoms with Gasteiger partial charge in [0.05, 0.1) is 29.2 Å². The number of rotatable bonds is 8. The number of benzene rings is 1. The average Bonchev–Trinajstić information content (AvgIpc) is 3.19. The monoisotopic (exact) mass is 578 g/mol. The largest absolute Gasteiger partial charge is 0.484 e. The van der Waals surface area contributed by atoms with E-state index >= 15 is 0 Å². The second-order valence-electron chi connectivity index (χ2n) is 8.33. The number of thiophene rings is 1. The molecule has 3 heterocycles. The van der Waals surface area contributed by atoms with Crippen molar-refractivity contribution in [2.75, 3.05) is 16.3 Å². The first kappa shape index (κ1) is 27.4. The van der Waals surface area contributed by atoms with Gasteiger partial charge in [-0.2, -0.15) is 0 Å². The number of nitrogens with zero attached hydrogens (tertiary/aromatic N) is 2. The van der Waals surface area contributed by atoms with E-state index in [1.165, 1.54) is 47.9 Å². The summed E-state index contributed by atoms with van der Waals surface area (Å²) in [6, 6.07) is 8.36. The summed E-state index contributed by atoms with van der Waals surface area (Å²) in [5.74, 6) is -1.51. The summed E-state index contributed by atoms with van der Waals surface area (Å²) in [6.45, 7) is 3.45. The van der Waals surface area contributed by atoms with Gasteiger partial charge in [0.2, 0.25) is 10.0 Å². The molecule has 0 aliphatic heterocycles. The molecule has 0 aliphatic rings. The summed E-state index contributed by atoms with van der Waals surface area (Å²) < 4.78 is 59.1. The molecule has 0 fully saturated rings. The molecule has 13 heteroatoms. The Bertz CT molecular complexity index is 1630. The molecule has 8 nitrogen and oxygen atoms in total. The summed E-state index contributed by atoms with van der Waals surface area (Å²) >= 11 is 7.26. The van der Waals surface area contributed by atoms with Crippen LogP contribution in [0.1, 0.15) is 33.1 Å². The summed E-state index contributed by atoms with van der Waals surface area (Å²) in [6.07, 6.45) is 3.89. The van der Waals surface area contributed by atoms with Crippen LogP contribution in [-0.2, 0) is 10.0 Å². The normalized spacial score (nSPS) is 12.2. The number of pyridine rings is 2. The van der Waals surface area contributed by atoms with Crippen molar-refractivity contribution in [1.29, 1.82) is 0 Å². The molecule has 0 spiro atoms. The molecule has 3 aromatic heterocycles. The number of hydrogen-bond donors (Lipinski definition) is 2. The zero-order valence-corrected chi connectivity index (χ0v) is 22.6. The SMILES string of the molecule is Cc1sc(C(=O)Nc2cc(Cl)cc(NS(C)(=O)=O)c2)cc1-c1ncc(F)cc1O[C@@H](C)c1cncc(F)c1. The molecule has 38 heavy (non-hydrogen) atoms. The predicted octanol–water partition coefficient (Wildman–Crippen LogP) is 6.21. The van der Waals surface area contributed by atoms with Crippen LogP contribution >= 0.6 is 22.9 Å². The number of carbonyl (C=O) groups excluding carboxylic acids is 1. The zero-order valence-electron chi connectivity index (χ0n) is 20.3. The fourth-order valence-electron chi connectivity index (χ4n) is 3.58. The molecule has 2 N–H and O–H groups in total. The highest BCUT2D eigenvalue weighted by Gasteiger charge is 2.21. The Morgan fingerprint density at radius 3 is 2.47 bits per heavy atom. The molecule has 0 unspecified atom stereocenters. The Hall–Kier alpha value is -3.61. The van der Waals surface area contributed by atoms with E-state index in [0.29, 0.717) is 26.6 Å². The second-order valence-corrected chi connectivity index (χ2v) is 11.8. The summed E-state index contributed by atoms with van der Waals surface area (Å²) in [5, 5.41) is 2.92. The molecule has 0 radical (unpaired) electrons. The molecule has 198 valence electrons. The van der Waals surface area contributed by atoms with Crippen LogP contribution in [0.4, 0.5) is 20.2 Å². The minimum Gasteiger partial charge on any atom is -0.484 e. The topological polar surface area (TPSA) is 110 Å². The first-order chi connectivity index (χ1) is 17.9. The van der Waals surface area contributed by atoms with E-state index in [1.807, 2.05) is 0 Å². The van der Waals surface area contributed by atoms with Gasteiger partial charge in [-0.15, -0.1) is 11.3 Å². The molecule has 1 aromatic carbocycles. The minimum absolute atomic E-state index is 0.112. The fraction of sp³-hybridized carbons (Fsp3) is 0.160. The van der Waals surface area contributed by atoms with Crippen molar-refractivity contribution in [3.8, 4) is 17.0 Å². The summed E-state index contributed by atoms with van der Waals surface area (Å²) in [7, 11) is -3.55. The third-order valence-corrected chi connectivity index (χ3v) is 7.05. The van der Waals surface area contributed by atoms with Crippen molar-refractivity contribution < 1.29 is 26.7 Å². The van der Waals surface area contributed by atoms with Crippen LogP contribution in [0.15, 0.2) is 55.0 Å². The van der Waals surface area contributed by atoms with Gasteiger partial charge in [0, 0.05) is 39.0 Å². The van der Waals surface area contributed by atoms with Crippen molar-refractivity contribution in [3.05, 3.63) is 87.0 Å². The van der Waals surface area contributed by atoms with Crippen molar-refractivity contribution >= 4 is 50.2 Å². The number of aryl methyl sites for hydroxylation is 1. The van der Waals surface area contributed by atoms with Gasteiger partial charge in [0.15, 0.2) is 0 Å². The Kier molecular flexibility index (Phi) is 7.95. The summed E-state index contributed by atoms with van der Waals surface area (Å²) in [5.41, 5.74) is 1.78. The van der Waals surface area contributed by atoms with Gasteiger partial charge in [-0.25, -0.2) is 22.2 Å². The Morgan fingerprint density at radius 2 is 1.76 bits per heavy atom. The van der Waals surface area contributed by atoms with Gasteiger partial charge in [-0.3, -0.25) is 14.5 Å². The number of hydrogen-bond acceptors (Lipinski definition) is 7. The van der Waals surface area contributed by atoms with Crippen molar-refractivity contribution in [2.24, 2.45) is 0 Å². The number of aromatic nitrogens is 2. The lowest BCUT2D eigenvalue weighted by Gasteiger charge is -2.17. The highest BCUT2D eigenvalue weighted by atomic mass is 35.5. The molecule has 0 aliphatic carbocycles. The maximum atomic E-state index is 14.1. The maximum absolute atomic E-state index is 14.1. The lowest BCUT2D eigenvalue weighted by molar-refractivity contribution is 0.103. The highest BCUT2D eigenvalue weighted by molar-refractivity contribution is 7.92. The lowest BCUT2D eigenvalue weighted by Crippen LogP contribution is -2.12. The zero-order chi connectivity index (χ0) is 27.6. The first-order valence-corrected chi connectivity index (χ1v) is 14.1. The third kappa shape index (κ3) is 6.82. The van der Waals surface area contributed by atoms with Crippen molar-refractivity contribution in [2.45, 2.75) is 20.0 Å². The van der Waals surface area contributed by atoms with Crippen LogP contribution in [0.25, 0.3) is 11.3 Å².